The zero-order valence-corrected chi connectivity index (χ0v) is 15.3. The Morgan fingerprint density at radius 2 is 1.77 bits per heavy atom. The van der Waals surface area contributed by atoms with E-state index in [1.54, 1.807) is 35.6 Å². The van der Waals surface area contributed by atoms with Crippen molar-refractivity contribution in [2.75, 3.05) is 0 Å². The first-order valence-electron chi connectivity index (χ1n) is 7.89. The summed E-state index contributed by atoms with van der Waals surface area (Å²) in [6.07, 6.45) is 2.30. The number of carbonyl (C=O) groups excluding carboxylic acids is 1. The van der Waals surface area contributed by atoms with Gasteiger partial charge in [-0.3, -0.25) is 4.79 Å². The van der Waals surface area contributed by atoms with Gasteiger partial charge in [-0.05, 0) is 48.9 Å². The van der Waals surface area contributed by atoms with Gasteiger partial charge in [0.15, 0.2) is 0 Å². The average molecular weight is 381 g/mol. The van der Waals surface area contributed by atoms with Crippen LogP contribution in [0.15, 0.2) is 54.9 Å². The Balaban J connectivity index is 1.84. The molecule has 2 aromatic carbocycles. The molecule has 0 atom stereocenters. The molecule has 0 amide bonds. The molecule has 26 heavy (non-hydrogen) atoms. The maximum absolute atomic E-state index is 10.8. The zero-order chi connectivity index (χ0) is 18.1. The fourth-order valence-electron chi connectivity index (χ4n) is 2.79. The first-order valence-corrected chi connectivity index (χ1v) is 9.08. The summed E-state index contributed by atoms with van der Waals surface area (Å²) in [5.74, 6) is 1.10. The highest BCUT2D eigenvalue weighted by molar-refractivity contribution is 7.19. The number of benzene rings is 2. The number of aryl methyl sites for hydroxylation is 1. The molecule has 0 N–H and O–H groups in total. The third kappa shape index (κ3) is 3.07. The Kier molecular flexibility index (Phi) is 4.41. The average Bonchev–Trinajstić information content (AvgIpc) is 3.00. The Morgan fingerprint density at radius 1 is 1.04 bits per heavy atom. The summed E-state index contributed by atoms with van der Waals surface area (Å²) in [5, 5.41) is 1.56. The van der Waals surface area contributed by atoms with Gasteiger partial charge in [0.05, 0.1) is 5.39 Å². The quantitative estimate of drug-likeness (QED) is 0.412. The van der Waals surface area contributed by atoms with Gasteiger partial charge in [0.1, 0.15) is 23.2 Å². The van der Waals surface area contributed by atoms with Crippen LogP contribution in [0.25, 0.3) is 21.3 Å². The molecule has 0 aliphatic heterocycles. The lowest BCUT2D eigenvalue weighted by molar-refractivity contribution is 0.112. The van der Waals surface area contributed by atoms with Gasteiger partial charge >= 0.3 is 0 Å². The van der Waals surface area contributed by atoms with E-state index < -0.39 is 0 Å². The molecule has 0 radical (unpaired) electrons. The predicted octanol–water partition coefficient (Wildman–Crippen LogP) is 5.92. The summed E-state index contributed by atoms with van der Waals surface area (Å²) in [6.45, 7) is 2.05. The maximum atomic E-state index is 10.8. The monoisotopic (exact) mass is 380 g/mol. The van der Waals surface area contributed by atoms with Crippen molar-refractivity contribution in [2.24, 2.45) is 0 Å². The minimum Gasteiger partial charge on any atom is -0.438 e. The number of rotatable bonds is 4. The molecule has 0 aliphatic carbocycles. The van der Waals surface area contributed by atoms with Crippen molar-refractivity contribution >= 4 is 39.4 Å². The molecule has 4 rings (SSSR count). The van der Waals surface area contributed by atoms with E-state index in [2.05, 4.69) is 16.9 Å². The molecular weight excluding hydrogens is 368 g/mol. The van der Waals surface area contributed by atoms with Crippen molar-refractivity contribution in [3.05, 3.63) is 70.3 Å². The van der Waals surface area contributed by atoms with Crippen LogP contribution in [0.3, 0.4) is 0 Å². The summed E-state index contributed by atoms with van der Waals surface area (Å²) in [5.41, 5.74) is 2.68. The van der Waals surface area contributed by atoms with Gasteiger partial charge < -0.3 is 4.74 Å². The first-order chi connectivity index (χ1) is 12.7. The molecule has 0 saturated carbocycles. The number of ether oxygens (including phenoxy) is 1. The van der Waals surface area contributed by atoms with Crippen molar-refractivity contribution in [1.82, 2.24) is 9.97 Å². The van der Waals surface area contributed by atoms with Crippen molar-refractivity contribution in [2.45, 2.75) is 6.92 Å². The van der Waals surface area contributed by atoms with Crippen LogP contribution in [0.1, 0.15) is 15.2 Å². The molecule has 2 aromatic heterocycles. The van der Waals surface area contributed by atoms with E-state index in [-0.39, 0.29) is 0 Å². The molecule has 4 aromatic rings. The number of aromatic nitrogens is 2. The molecule has 0 aliphatic rings. The van der Waals surface area contributed by atoms with Gasteiger partial charge in [0, 0.05) is 21.0 Å². The molecule has 128 valence electrons. The highest BCUT2D eigenvalue weighted by atomic mass is 35.5. The van der Waals surface area contributed by atoms with E-state index >= 15 is 0 Å². The number of fused-ring (bicyclic) bond motifs is 1. The van der Waals surface area contributed by atoms with Gasteiger partial charge in [0.25, 0.3) is 0 Å². The molecule has 2 heterocycles. The van der Waals surface area contributed by atoms with Crippen LogP contribution in [-0.2, 0) is 0 Å². The topological polar surface area (TPSA) is 52.1 Å². The van der Waals surface area contributed by atoms with Crippen LogP contribution in [0.5, 0.6) is 11.6 Å². The Labute approximate surface area is 159 Å². The van der Waals surface area contributed by atoms with Gasteiger partial charge in [-0.1, -0.05) is 23.7 Å². The minimum atomic E-state index is 0.489. The summed E-state index contributed by atoms with van der Waals surface area (Å²) in [4.78, 5) is 21.5. The molecule has 0 spiro atoms. The van der Waals surface area contributed by atoms with Gasteiger partial charge in [-0.2, -0.15) is 0 Å². The molecule has 0 fully saturated rings. The van der Waals surface area contributed by atoms with Crippen LogP contribution >= 0.6 is 22.9 Å². The summed E-state index contributed by atoms with van der Waals surface area (Å²) < 4.78 is 6.00. The zero-order valence-electron chi connectivity index (χ0n) is 13.8. The second kappa shape index (κ2) is 6.86. The lowest BCUT2D eigenvalue weighted by Gasteiger charge is -2.08. The van der Waals surface area contributed by atoms with Gasteiger partial charge in [-0.15, -0.1) is 11.3 Å². The van der Waals surface area contributed by atoms with Crippen LogP contribution < -0.4 is 4.74 Å². The van der Waals surface area contributed by atoms with Gasteiger partial charge in [-0.25, -0.2) is 9.97 Å². The number of nitrogens with zero attached hydrogens (tertiary/aromatic N) is 2. The van der Waals surface area contributed by atoms with Crippen LogP contribution in [0.4, 0.5) is 0 Å². The molecule has 0 unspecified atom stereocenters. The Morgan fingerprint density at radius 3 is 2.46 bits per heavy atom. The largest absolute Gasteiger partial charge is 0.438 e. The highest BCUT2D eigenvalue weighted by Gasteiger charge is 2.18. The van der Waals surface area contributed by atoms with E-state index in [9.17, 15) is 4.79 Å². The molecule has 0 bridgehead atoms. The third-order valence-electron chi connectivity index (χ3n) is 3.99. The number of halogens is 1. The number of hydrogen-bond donors (Lipinski definition) is 0. The number of carbonyl (C=O) groups is 1. The third-order valence-corrected chi connectivity index (χ3v) is 5.26. The molecule has 4 nitrogen and oxygen atoms in total. The summed E-state index contributed by atoms with van der Waals surface area (Å²) >= 11 is 7.62. The van der Waals surface area contributed by atoms with Gasteiger partial charge in [0.2, 0.25) is 5.88 Å². The van der Waals surface area contributed by atoms with E-state index in [1.807, 2.05) is 24.3 Å². The van der Waals surface area contributed by atoms with Crippen molar-refractivity contribution < 1.29 is 9.53 Å². The number of thiophene rings is 1. The molecular formula is C20H13ClN2O2S. The Hall–Kier alpha value is -2.76. The predicted molar refractivity (Wildman–Crippen MR) is 105 cm³/mol. The van der Waals surface area contributed by atoms with E-state index in [4.69, 9.17) is 16.3 Å². The SMILES string of the molecule is Cc1sc2ncnc(Oc3ccc(C=O)cc3)c2c1-c1ccc(Cl)cc1. The van der Waals surface area contributed by atoms with Crippen molar-refractivity contribution in [3.8, 4) is 22.8 Å². The van der Waals surface area contributed by atoms with E-state index in [1.165, 1.54) is 6.33 Å². The minimum absolute atomic E-state index is 0.489. The van der Waals surface area contributed by atoms with E-state index in [0.717, 1.165) is 32.5 Å². The number of aldehydes is 1. The lowest BCUT2D eigenvalue weighted by Crippen LogP contribution is -1.91. The fourth-order valence-corrected chi connectivity index (χ4v) is 3.91. The van der Waals surface area contributed by atoms with Crippen molar-refractivity contribution in [3.63, 3.8) is 0 Å². The molecule has 6 heteroatoms. The van der Waals surface area contributed by atoms with Crippen LogP contribution in [0, 0.1) is 6.92 Å². The van der Waals surface area contributed by atoms with Crippen LogP contribution in [-0.4, -0.2) is 16.3 Å². The Bertz CT molecular complexity index is 1090. The van der Waals surface area contributed by atoms with Crippen molar-refractivity contribution in [1.29, 1.82) is 0 Å². The van der Waals surface area contributed by atoms with E-state index in [0.29, 0.717) is 22.2 Å². The lowest BCUT2D eigenvalue weighted by atomic mass is 10.0. The summed E-state index contributed by atoms with van der Waals surface area (Å²) in [6, 6.07) is 14.6. The fraction of sp³-hybridized carbons (Fsp3) is 0.0500. The molecule has 0 saturated heterocycles. The summed E-state index contributed by atoms with van der Waals surface area (Å²) in [7, 11) is 0. The number of hydrogen-bond acceptors (Lipinski definition) is 5. The normalized spacial score (nSPS) is 10.8. The second-order valence-electron chi connectivity index (χ2n) is 5.69. The van der Waals surface area contributed by atoms with Crippen LogP contribution in [0.2, 0.25) is 5.02 Å². The highest BCUT2D eigenvalue weighted by Crippen LogP contribution is 2.42. The first kappa shape index (κ1) is 16.7. The maximum Gasteiger partial charge on any atom is 0.231 e. The standard InChI is InChI=1S/C20H13ClN2O2S/c1-12-17(14-4-6-15(21)7-5-14)18-19(22-11-23-20(18)26-12)25-16-8-2-13(10-24)3-9-16/h2-11H,1H3. The second-order valence-corrected chi connectivity index (χ2v) is 7.33. The smallest absolute Gasteiger partial charge is 0.231 e.